The third-order valence-electron chi connectivity index (χ3n) is 3.92. The van der Waals surface area contributed by atoms with Crippen LogP contribution in [0.5, 0.6) is 5.75 Å². The number of aryl methyl sites for hydroxylation is 1. The number of anilines is 1. The summed E-state index contributed by atoms with van der Waals surface area (Å²) in [5, 5.41) is 2.91. The van der Waals surface area contributed by atoms with Gasteiger partial charge >= 0.3 is 0 Å². The first-order chi connectivity index (χ1) is 13.2. The van der Waals surface area contributed by atoms with Gasteiger partial charge in [0.15, 0.2) is 0 Å². The molecule has 1 heterocycles. The van der Waals surface area contributed by atoms with Gasteiger partial charge in [0.05, 0.1) is 18.7 Å². The summed E-state index contributed by atoms with van der Waals surface area (Å²) in [5.74, 6) is 0.697. The summed E-state index contributed by atoms with van der Waals surface area (Å²) in [5.41, 5.74) is 3.82. The van der Waals surface area contributed by atoms with E-state index >= 15 is 0 Å². The van der Waals surface area contributed by atoms with Crippen molar-refractivity contribution in [2.75, 3.05) is 11.9 Å². The van der Waals surface area contributed by atoms with Crippen LogP contribution < -0.4 is 10.1 Å². The van der Waals surface area contributed by atoms with Gasteiger partial charge in [0, 0.05) is 11.9 Å². The largest absolute Gasteiger partial charge is 0.493 e. The molecule has 4 nitrogen and oxygen atoms in total. The minimum Gasteiger partial charge on any atom is -0.493 e. The summed E-state index contributed by atoms with van der Waals surface area (Å²) in [4.78, 5) is 16.4. The maximum atomic E-state index is 12.1. The molecule has 0 saturated heterocycles. The van der Waals surface area contributed by atoms with Crippen LogP contribution in [-0.2, 0) is 4.79 Å². The average molecular weight is 358 g/mol. The van der Waals surface area contributed by atoms with E-state index in [9.17, 15) is 4.79 Å². The minimum absolute atomic E-state index is 0.0760. The number of hydrogen-bond donors (Lipinski definition) is 1. The van der Waals surface area contributed by atoms with Gasteiger partial charge in [0.1, 0.15) is 5.75 Å². The van der Waals surface area contributed by atoms with E-state index in [0.29, 0.717) is 13.0 Å². The molecule has 1 amide bonds. The number of pyridine rings is 1. The van der Waals surface area contributed by atoms with Crippen LogP contribution in [0.3, 0.4) is 0 Å². The zero-order valence-electron chi connectivity index (χ0n) is 15.3. The van der Waals surface area contributed by atoms with Gasteiger partial charge in [-0.1, -0.05) is 42.0 Å². The Morgan fingerprint density at radius 1 is 1.04 bits per heavy atom. The van der Waals surface area contributed by atoms with Crippen LogP contribution in [0.4, 0.5) is 5.69 Å². The van der Waals surface area contributed by atoms with Crippen LogP contribution in [0.1, 0.15) is 23.2 Å². The summed E-state index contributed by atoms with van der Waals surface area (Å²) >= 11 is 0. The number of rotatable bonds is 7. The lowest BCUT2D eigenvalue weighted by Crippen LogP contribution is -2.15. The quantitative estimate of drug-likeness (QED) is 0.649. The van der Waals surface area contributed by atoms with Crippen LogP contribution in [0.15, 0.2) is 72.9 Å². The van der Waals surface area contributed by atoms with E-state index in [-0.39, 0.29) is 5.91 Å². The van der Waals surface area contributed by atoms with E-state index in [2.05, 4.69) is 10.3 Å². The summed E-state index contributed by atoms with van der Waals surface area (Å²) < 4.78 is 5.60. The standard InChI is InChI=1S/C23H22N2O2/c1-18-8-12-22(13-9-18)27-16-14-23(26)25-21-7-4-5-19(17-21)10-11-20-6-2-3-15-24-20/h2-13,15,17H,14,16H2,1H3,(H,25,26)/b11-10+. The highest BCUT2D eigenvalue weighted by molar-refractivity contribution is 5.91. The minimum atomic E-state index is -0.0760. The van der Waals surface area contributed by atoms with E-state index < -0.39 is 0 Å². The summed E-state index contributed by atoms with van der Waals surface area (Å²) in [7, 11) is 0. The van der Waals surface area contributed by atoms with Crippen molar-refractivity contribution in [1.29, 1.82) is 0 Å². The number of nitrogens with zero attached hydrogens (tertiary/aromatic N) is 1. The lowest BCUT2D eigenvalue weighted by atomic mass is 10.1. The first kappa shape index (κ1) is 18.4. The number of benzene rings is 2. The van der Waals surface area contributed by atoms with Crippen LogP contribution in [0.2, 0.25) is 0 Å². The zero-order valence-corrected chi connectivity index (χ0v) is 15.3. The number of nitrogens with one attached hydrogen (secondary N) is 1. The first-order valence-corrected chi connectivity index (χ1v) is 8.87. The second-order valence-electron chi connectivity index (χ2n) is 6.17. The Morgan fingerprint density at radius 2 is 1.89 bits per heavy atom. The molecule has 136 valence electrons. The predicted molar refractivity (Wildman–Crippen MR) is 110 cm³/mol. The number of ether oxygens (including phenoxy) is 1. The molecule has 0 radical (unpaired) electrons. The van der Waals surface area contributed by atoms with Crippen molar-refractivity contribution in [3.8, 4) is 5.75 Å². The molecule has 3 aromatic rings. The van der Waals surface area contributed by atoms with Crippen molar-refractivity contribution in [2.24, 2.45) is 0 Å². The highest BCUT2D eigenvalue weighted by Gasteiger charge is 2.03. The third-order valence-corrected chi connectivity index (χ3v) is 3.92. The topological polar surface area (TPSA) is 51.2 Å². The maximum absolute atomic E-state index is 12.1. The molecule has 0 aliphatic carbocycles. The molecule has 1 N–H and O–H groups in total. The van der Waals surface area contributed by atoms with Crippen LogP contribution in [0.25, 0.3) is 12.2 Å². The monoisotopic (exact) mass is 358 g/mol. The fraction of sp³-hybridized carbons (Fsp3) is 0.130. The normalized spacial score (nSPS) is 10.7. The smallest absolute Gasteiger partial charge is 0.227 e. The average Bonchev–Trinajstić information content (AvgIpc) is 2.69. The van der Waals surface area contributed by atoms with Crippen LogP contribution >= 0.6 is 0 Å². The highest BCUT2D eigenvalue weighted by atomic mass is 16.5. The molecule has 0 fully saturated rings. The number of carbonyl (C=O) groups is 1. The second-order valence-corrected chi connectivity index (χ2v) is 6.17. The van der Waals surface area contributed by atoms with Crippen molar-refractivity contribution < 1.29 is 9.53 Å². The third kappa shape index (κ3) is 6.12. The molecule has 0 bridgehead atoms. The Morgan fingerprint density at radius 3 is 2.67 bits per heavy atom. The van der Waals surface area contributed by atoms with E-state index in [1.807, 2.05) is 85.8 Å². The van der Waals surface area contributed by atoms with Crippen molar-refractivity contribution in [2.45, 2.75) is 13.3 Å². The van der Waals surface area contributed by atoms with E-state index in [0.717, 1.165) is 22.7 Å². The number of hydrogen-bond acceptors (Lipinski definition) is 3. The Labute approximate surface area is 159 Å². The Bertz CT molecular complexity index is 903. The zero-order chi connectivity index (χ0) is 18.9. The first-order valence-electron chi connectivity index (χ1n) is 8.87. The van der Waals surface area contributed by atoms with Crippen LogP contribution in [-0.4, -0.2) is 17.5 Å². The Hall–Kier alpha value is -3.40. The Kier molecular flexibility index (Phi) is 6.36. The molecule has 0 saturated carbocycles. The van der Waals surface area contributed by atoms with Gasteiger partial charge < -0.3 is 10.1 Å². The maximum Gasteiger partial charge on any atom is 0.227 e. The number of aromatic nitrogens is 1. The summed E-state index contributed by atoms with van der Waals surface area (Å²) in [6, 6.07) is 21.3. The molecular weight excluding hydrogens is 336 g/mol. The molecule has 0 spiro atoms. The molecule has 3 rings (SSSR count). The lowest BCUT2D eigenvalue weighted by Gasteiger charge is -2.08. The molecular formula is C23H22N2O2. The highest BCUT2D eigenvalue weighted by Crippen LogP contribution is 2.14. The predicted octanol–water partition coefficient (Wildman–Crippen LogP) is 4.97. The fourth-order valence-corrected chi connectivity index (χ4v) is 2.50. The fourth-order valence-electron chi connectivity index (χ4n) is 2.50. The van der Waals surface area contributed by atoms with E-state index in [1.54, 1.807) is 6.20 Å². The number of amides is 1. The summed E-state index contributed by atoms with van der Waals surface area (Å²) in [6.07, 6.45) is 5.96. The molecule has 1 aromatic heterocycles. The molecule has 0 aliphatic rings. The van der Waals surface area contributed by atoms with Crippen molar-refractivity contribution >= 4 is 23.7 Å². The molecule has 4 heteroatoms. The van der Waals surface area contributed by atoms with E-state index in [1.165, 1.54) is 5.56 Å². The van der Waals surface area contributed by atoms with Gasteiger partial charge in [-0.3, -0.25) is 9.78 Å². The van der Waals surface area contributed by atoms with Crippen LogP contribution in [0, 0.1) is 6.92 Å². The number of carbonyl (C=O) groups excluding carboxylic acids is 1. The van der Waals surface area contributed by atoms with Crippen molar-refractivity contribution in [1.82, 2.24) is 4.98 Å². The van der Waals surface area contributed by atoms with Gasteiger partial charge in [0.2, 0.25) is 5.91 Å². The van der Waals surface area contributed by atoms with Gasteiger partial charge in [-0.2, -0.15) is 0 Å². The van der Waals surface area contributed by atoms with Gasteiger partial charge in [-0.25, -0.2) is 0 Å². The molecule has 2 aromatic carbocycles. The lowest BCUT2D eigenvalue weighted by molar-refractivity contribution is -0.116. The van der Waals surface area contributed by atoms with Gasteiger partial charge in [0.25, 0.3) is 0 Å². The van der Waals surface area contributed by atoms with Crippen molar-refractivity contribution in [3.63, 3.8) is 0 Å². The molecule has 0 unspecified atom stereocenters. The van der Waals surface area contributed by atoms with Gasteiger partial charge in [-0.05, 0) is 55.0 Å². The molecule has 27 heavy (non-hydrogen) atoms. The van der Waals surface area contributed by atoms with Gasteiger partial charge in [-0.15, -0.1) is 0 Å². The van der Waals surface area contributed by atoms with Crippen molar-refractivity contribution in [3.05, 3.63) is 89.7 Å². The van der Waals surface area contributed by atoms with E-state index in [4.69, 9.17) is 4.74 Å². The Balaban J connectivity index is 1.50. The molecule has 0 aliphatic heterocycles. The second kappa shape index (κ2) is 9.34. The summed E-state index contributed by atoms with van der Waals surface area (Å²) in [6.45, 7) is 2.37. The molecule has 0 atom stereocenters. The SMILES string of the molecule is Cc1ccc(OCCC(=O)Nc2cccc(/C=C/c3ccccn3)c2)cc1.